The average molecular weight is 919 g/mol. The maximum atomic E-state index is 13.4. The molecule has 2 aliphatic heterocycles. The molecule has 7 rings (SSSR count). The molecule has 0 fully saturated rings. The van der Waals surface area contributed by atoms with Crippen molar-refractivity contribution in [1.82, 2.24) is 0 Å². The Morgan fingerprint density at radius 3 is 2.25 bits per heavy atom. The minimum Gasteiger partial charge on any atom is -0.461 e. The summed E-state index contributed by atoms with van der Waals surface area (Å²) < 4.78 is 29.3. The number of ketones is 2. The number of hydrogen-bond donors (Lipinski definition) is 0. The summed E-state index contributed by atoms with van der Waals surface area (Å²) in [6, 6.07) is 25.2. The lowest BCUT2D eigenvalue weighted by Gasteiger charge is -2.37. The molecular weight excluding hydrogens is 857 g/mol. The van der Waals surface area contributed by atoms with Gasteiger partial charge in [-0.1, -0.05) is 79.8 Å². The number of amides is 1. The zero-order valence-electron chi connectivity index (χ0n) is 39.8. The van der Waals surface area contributed by atoms with E-state index in [4.69, 9.17) is 23.7 Å². The molecule has 4 aromatic carbocycles. The summed E-state index contributed by atoms with van der Waals surface area (Å²) in [7, 11) is 0. The molecule has 3 aliphatic rings. The van der Waals surface area contributed by atoms with Gasteiger partial charge in [-0.3, -0.25) is 24.2 Å². The SMILES string of the molecule is CCCc1cc2c(cc1C)C(c1ccc(C(=O)CCCOCCOCCOCCCC(=O)CCC(=O)N3Cc4ccccc4C#Cc4ccccc43)cc1OC=O)C1C=C(C)C(=NCC)C=C1O2. The van der Waals surface area contributed by atoms with E-state index in [9.17, 15) is 19.2 Å². The molecule has 0 saturated carbocycles. The van der Waals surface area contributed by atoms with Gasteiger partial charge in [0.25, 0.3) is 6.47 Å². The van der Waals surface area contributed by atoms with Gasteiger partial charge in [0, 0.05) is 91.2 Å². The number of carbonyl (C=O) groups excluding carboxylic acids is 4. The van der Waals surface area contributed by atoms with Crippen LogP contribution in [0, 0.1) is 24.7 Å². The summed E-state index contributed by atoms with van der Waals surface area (Å²) in [6.45, 7) is 12.2. The summed E-state index contributed by atoms with van der Waals surface area (Å²) in [5, 5.41) is 0. The highest BCUT2D eigenvalue weighted by molar-refractivity contribution is 6.09. The third-order valence-electron chi connectivity index (χ3n) is 12.5. The van der Waals surface area contributed by atoms with Crippen LogP contribution in [0.5, 0.6) is 11.5 Å². The zero-order valence-corrected chi connectivity index (χ0v) is 39.8. The molecular formula is C57H62N2O9. The lowest BCUT2D eigenvalue weighted by Crippen LogP contribution is -2.32. The second kappa shape index (κ2) is 24.5. The van der Waals surface area contributed by atoms with E-state index < -0.39 is 0 Å². The van der Waals surface area contributed by atoms with Crippen LogP contribution in [0.3, 0.4) is 0 Å². The second-order valence-corrected chi connectivity index (χ2v) is 17.3. The fraction of sp³-hybridized carbons (Fsp3) is 0.386. The molecule has 11 heteroatoms. The van der Waals surface area contributed by atoms with Crippen molar-refractivity contribution in [2.75, 3.05) is 51.1 Å². The molecule has 4 aromatic rings. The average Bonchev–Trinajstić information content (AvgIpc) is 3.33. The minimum absolute atomic E-state index is 0.0282. The molecule has 354 valence electrons. The topological polar surface area (TPSA) is 130 Å². The van der Waals surface area contributed by atoms with E-state index >= 15 is 0 Å². The Labute approximate surface area is 400 Å². The first kappa shape index (κ1) is 49.5. The Balaban J connectivity index is 0.800. The van der Waals surface area contributed by atoms with Gasteiger partial charge >= 0.3 is 0 Å². The molecule has 1 amide bonds. The third-order valence-corrected chi connectivity index (χ3v) is 12.5. The number of rotatable bonds is 24. The van der Waals surface area contributed by atoms with Crippen molar-refractivity contribution in [3.8, 4) is 23.3 Å². The maximum Gasteiger partial charge on any atom is 0.298 e. The number of para-hydroxylation sites is 1. The van der Waals surface area contributed by atoms with E-state index in [1.807, 2.05) is 73.7 Å². The van der Waals surface area contributed by atoms with Gasteiger partial charge in [0.1, 0.15) is 23.0 Å². The largest absolute Gasteiger partial charge is 0.461 e. The Morgan fingerprint density at radius 1 is 0.794 bits per heavy atom. The quantitative estimate of drug-likeness (QED) is 0.0292. The molecule has 2 unspecified atom stereocenters. The summed E-state index contributed by atoms with van der Waals surface area (Å²) in [5.41, 5.74) is 10.1. The van der Waals surface area contributed by atoms with E-state index in [-0.39, 0.29) is 48.6 Å². The van der Waals surface area contributed by atoms with Crippen LogP contribution >= 0.6 is 0 Å². The van der Waals surface area contributed by atoms with Crippen molar-refractivity contribution in [2.24, 2.45) is 10.9 Å². The molecule has 11 nitrogen and oxygen atoms in total. The van der Waals surface area contributed by atoms with Crippen molar-refractivity contribution < 1.29 is 42.9 Å². The van der Waals surface area contributed by atoms with Crippen LogP contribution in [0.4, 0.5) is 5.69 Å². The number of aryl methyl sites for hydroxylation is 2. The van der Waals surface area contributed by atoms with E-state index in [2.05, 4.69) is 55.8 Å². The van der Waals surface area contributed by atoms with E-state index in [1.54, 1.807) is 11.0 Å². The number of allylic oxidation sites excluding steroid dienone is 3. The lowest BCUT2D eigenvalue weighted by atomic mass is 9.73. The lowest BCUT2D eigenvalue weighted by molar-refractivity contribution is -0.124. The normalized spacial score (nSPS) is 16.3. The number of benzene rings is 4. The number of aliphatic imine (C=N–C) groups is 1. The van der Waals surface area contributed by atoms with Gasteiger partial charge in [0.05, 0.1) is 44.4 Å². The van der Waals surface area contributed by atoms with Crippen LogP contribution in [-0.4, -0.2) is 75.8 Å². The van der Waals surface area contributed by atoms with Gasteiger partial charge in [0.2, 0.25) is 5.91 Å². The van der Waals surface area contributed by atoms with Crippen molar-refractivity contribution in [3.63, 3.8) is 0 Å². The van der Waals surface area contributed by atoms with Gasteiger partial charge in [-0.15, -0.1) is 0 Å². The van der Waals surface area contributed by atoms with Crippen LogP contribution in [0.25, 0.3) is 0 Å². The van der Waals surface area contributed by atoms with Crippen LogP contribution in [0.15, 0.2) is 107 Å². The van der Waals surface area contributed by atoms with E-state index in [0.29, 0.717) is 89.8 Å². The Morgan fingerprint density at radius 2 is 1.50 bits per heavy atom. The molecule has 0 spiro atoms. The van der Waals surface area contributed by atoms with Gasteiger partial charge in [0.15, 0.2) is 5.78 Å². The summed E-state index contributed by atoms with van der Waals surface area (Å²) >= 11 is 0. The maximum absolute atomic E-state index is 13.4. The first-order chi connectivity index (χ1) is 33.2. The Bertz CT molecular complexity index is 2630. The number of ether oxygens (including phenoxy) is 5. The van der Waals surface area contributed by atoms with Crippen LogP contribution in [0.2, 0.25) is 0 Å². The van der Waals surface area contributed by atoms with Gasteiger partial charge < -0.3 is 28.6 Å². The zero-order chi connectivity index (χ0) is 47.8. The molecule has 0 saturated heterocycles. The fourth-order valence-corrected chi connectivity index (χ4v) is 9.01. The monoisotopic (exact) mass is 918 g/mol. The van der Waals surface area contributed by atoms with Crippen molar-refractivity contribution in [3.05, 3.63) is 147 Å². The number of hydrogen-bond acceptors (Lipinski definition) is 10. The highest BCUT2D eigenvalue weighted by Crippen LogP contribution is 2.51. The first-order valence-corrected chi connectivity index (χ1v) is 24.0. The number of fused-ring (bicyclic) bond motifs is 4. The van der Waals surface area contributed by atoms with Crippen molar-refractivity contribution in [1.29, 1.82) is 0 Å². The van der Waals surface area contributed by atoms with Gasteiger partial charge in [-0.2, -0.15) is 0 Å². The van der Waals surface area contributed by atoms with Crippen molar-refractivity contribution >= 4 is 35.3 Å². The highest BCUT2D eigenvalue weighted by atomic mass is 16.5. The summed E-state index contributed by atoms with van der Waals surface area (Å²) in [4.78, 5) is 57.8. The third kappa shape index (κ3) is 12.5. The number of anilines is 1. The summed E-state index contributed by atoms with van der Waals surface area (Å²) in [5.74, 6) is 7.83. The van der Waals surface area contributed by atoms with Crippen molar-refractivity contribution in [2.45, 2.75) is 91.5 Å². The molecule has 1 aliphatic carbocycles. The molecule has 2 heterocycles. The fourth-order valence-electron chi connectivity index (χ4n) is 9.01. The summed E-state index contributed by atoms with van der Waals surface area (Å²) in [6.07, 6.45) is 8.15. The van der Waals surface area contributed by atoms with Crippen LogP contribution in [0.1, 0.15) is 121 Å². The van der Waals surface area contributed by atoms with Crippen LogP contribution < -0.4 is 14.4 Å². The van der Waals surface area contributed by atoms with Crippen LogP contribution in [-0.2, 0) is 41.6 Å². The predicted octanol–water partition coefficient (Wildman–Crippen LogP) is 10.0. The first-order valence-electron chi connectivity index (χ1n) is 24.0. The smallest absolute Gasteiger partial charge is 0.298 e. The van der Waals surface area contributed by atoms with Gasteiger partial charge in [-0.05, 0) is 92.6 Å². The number of Topliss-reactive ketones (excluding diaryl/α,β-unsaturated/α-hetero) is 2. The molecule has 0 bridgehead atoms. The molecule has 0 radical (unpaired) electrons. The molecule has 0 aromatic heterocycles. The predicted molar refractivity (Wildman–Crippen MR) is 264 cm³/mol. The Kier molecular flexibility index (Phi) is 17.8. The van der Waals surface area contributed by atoms with E-state index in [0.717, 1.165) is 69.1 Å². The Hall–Kier alpha value is -6.45. The second-order valence-electron chi connectivity index (χ2n) is 17.3. The van der Waals surface area contributed by atoms with Gasteiger partial charge in [-0.25, -0.2) is 0 Å². The molecule has 68 heavy (non-hydrogen) atoms. The molecule has 2 atom stereocenters. The minimum atomic E-state index is -0.222. The number of nitrogens with zero attached hydrogens (tertiary/aromatic N) is 2. The molecule has 0 N–H and O–H groups in total. The number of carbonyl (C=O) groups is 4. The highest BCUT2D eigenvalue weighted by Gasteiger charge is 2.39. The standard InChI is InChI=1S/C57H62N2O9/c1-5-13-43-34-54-48(32-39(43)3)57(49-33-40(4)50(58-6-2)36-55(49)68-54)47-24-22-44(35-53(47)67-38-60)52(62)19-12-27-65-29-31-66-30-28-64-26-11-17-46(61)23-25-56(63)59-37-45-16-8-7-14-41(45)20-21-42-15-9-10-18-51(42)59/h7-10,14-16,18,22,24,32-36,38,49,57H,5-6,11-13,17,19,23,25-31,37H2,1-4H3. The van der Waals surface area contributed by atoms with E-state index in [1.165, 1.54) is 11.1 Å².